The molecule has 3 saturated heterocycles. The summed E-state index contributed by atoms with van der Waals surface area (Å²) in [6, 6.07) is 3.95. The molecule has 1 amide bonds. The van der Waals surface area contributed by atoms with E-state index in [1.54, 1.807) is 6.26 Å². The van der Waals surface area contributed by atoms with E-state index in [1.807, 2.05) is 12.1 Å². The van der Waals surface area contributed by atoms with Crippen LogP contribution >= 0.6 is 0 Å². The molecule has 4 heterocycles. The molecule has 0 aliphatic carbocycles. The first-order valence-corrected chi connectivity index (χ1v) is 8.88. The molecular formula is C18H26N2O3. The van der Waals surface area contributed by atoms with Gasteiger partial charge in [-0.2, -0.15) is 0 Å². The minimum Gasteiger partial charge on any atom is -0.468 e. The van der Waals surface area contributed by atoms with Crippen LogP contribution in [-0.2, 0) is 16.1 Å². The van der Waals surface area contributed by atoms with Gasteiger partial charge in [0.1, 0.15) is 5.76 Å². The molecule has 3 aliphatic heterocycles. The van der Waals surface area contributed by atoms with Crippen molar-refractivity contribution in [2.45, 2.75) is 32.2 Å². The van der Waals surface area contributed by atoms with Crippen LogP contribution in [0.1, 0.15) is 31.4 Å². The minimum absolute atomic E-state index is 0.102. The van der Waals surface area contributed by atoms with Gasteiger partial charge in [-0.15, -0.1) is 0 Å². The van der Waals surface area contributed by atoms with Gasteiger partial charge in [0.2, 0.25) is 5.91 Å². The molecule has 5 nitrogen and oxygen atoms in total. The molecule has 23 heavy (non-hydrogen) atoms. The Morgan fingerprint density at radius 3 is 2.74 bits per heavy atom. The van der Waals surface area contributed by atoms with Crippen molar-refractivity contribution >= 4 is 5.91 Å². The van der Waals surface area contributed by atoms with Crippen molar-refractivity contribution in [3.8, 4) is 0 Å². The van der Waals surface area contributed by atoms with E-state index < -0.39 is 0 Å². The van der Waals surface area contributed by atoms with E-state index in [1.165, 1.54) is 0 Å². The van der Waals surface area contributed by atoms with Gasteiger partial charge in [-0.1, -0.05) is 0 Å². The molecule has 0 saturated carbocycles. The zero-order valence-electron chi connectivity index (χ0n) is 13.7. The topological polar surface area (TPSA) is 45.9 Å². The third-order valence-electron chi connectivity index (χ3n) is 5.88. The number of hydrogen-bond acceptors (Lipinski definition) is 4. The molecule has 0 aromatic carbocycles. The summed E-state index contributed by atoms with van der Waals surface area (Å²) in [4.78, 5) is 17.6. The van der Waals surface area contributed by atoms with Crippen LogP contribution in [0.5, 0.6) is 0 Å². The van der Waals surface area contributed by atoms with E-state index in [4.69, 9.17) is 9.15 Å². The lowest BCUT2D eigenvalue weighted by atomic mass is 9.71. The molecule has 5 heteroatoms. The first-order chi connectivity index (χ1) is 11.3. The lowest BCUT2D eigenvalue weighted by molar-refractivity contribution is -0.139. The number of nitrogens with zero attached hydrogens (tertiary/aromatic N) is 2. The highest BCUT2D eigenvalue weighted by molar-refractivity contribution is 5.80. The largest absolute Gasteiger partial charge is 0.468 e. The van der Waals surface area contributed by atoms with Gasteiger partial charge < -0.3 is 14.1 Å². The standard InChI is InChI=1S/C18H26N2O3/c21-17(20-7-1-2-8-20)16-13-19(12-15-4-3-9-23-15)14-18(16)5-10-22-11-6-18/h3-4,9,16H,1-2,5-8,10-14H2/t16-/m1/s1. The molecule has 1 aromatic rings. The lowest BCUT2D eigenvalue weighted by Crippen LogP contribution is -2.45. The zero-order chi connectivity index (χ0) is 15.7. The normalized spacial score (nSPS) is 27.8. The van der Waals surface area contributed by atoms with Gasteiger partial charge in [0.05, 0.1) is 18.7 Å². The molecule has 4 rings (SSSR count). The van der Waals surface area contributed by atoms with Crippen molar-refractivity contribution in [1.82, 2.24) is 9.80 Å². The fourth-order valence-corrected chi connectivity index (χ4v) is 4.60. The maximum absolute atomic E-state index is 13.1. The van der Waals surface area contributed by atoms with Gasteiger partial charge in [0.15, 0.2) is 0 Å². The lowest BCUT2D eigenvalue weighted by Gasteiger charge is -2.38. The molecule has 0 radical (unpaired) electrons. The number of hydrogen-bond donors (Lipinski definition) is 0. The van der Waals surface area contributed by atoms with Gasteiger partial charge >= 0.3 is 0 Å². The Hall–Kier alpha value is -1.33. The Morgan fingerprint density at radius 2 is 2.04 bits per heavy atom. The molecule has 1 spiro atoms. The average molecular weight is 318 g/mol. The second-order valence-electron chi connectivity index (χ2n) is 7.31. The average Bonchev–Trinajstić information content (AvgIpc) is 3.30. The van der Waals surface area contributed by atoms with E-state index in [0.29, 0.717) is 5.91 Å². The first-order valence-electron chi connectivity index (χ1n) is 8.88. The Balaban J connectivity index is 1.52. The van der Waals surface area contributed by atoms with E-state index in [9.17, 15) is 4.79 Å². The smallest absolute Gasteiger partial charge is 0.227 e. The second kappa shape index (κ2) is 6.29. The van der Waals surface area contributed by atoms with Crippen molar-refractivity contribution in [3.63, 3.8) is 0 Å². The van der Waals surface area contributed by atoms with Crippen molar-refractivity contribution in [2.24, 2.45) is 11.3 Å². The monoisotopic (exact) mass is 318 g/mol. The number of ether oxygens (including phenoxy) is 1. The van der Waals surface area contributed by atoms with Gasteiger partial charge in [-0.25, -0.2) is 0 Å². The Bertz CT molecular complexity index is 530. The molecule has 3 fully saturated rings. The number of carbonyl (C=O) groups is 1. The zero-order valence-corrected chi connectivity index (χ0v) is 13.7. The Labute approximate surface area is 137 Å². The van der Waals surface area contributed by atoms with Crippen LogP contribution in [0.4, 0.5) is 0 Å². The summed E-state index contributed by atoms with van der Waals surface area (Å²) in [5.41, 5.74) is 0.102. The van der Waals surface area contributed by atoms with Crippen molar-refractivity contribution in [3.05, 3.63) is 24.2 Å². The summed E-state index contributed by atoms with van der Waals surface area (Å²) in [6.07, 6.45) is 6.05. The van der Waals surface area contributed by atoms with Crippen LogP contribution in [-0.4, -0.2) is 55.1 Å². The number of rotatable bonds is 3. The predicted molar refractivity (Wildman–Crippen MR) is 85.8 cm³/mol. The fourth-order valence-electron chi connectivity index (χ4n) is 4.60. The Morgan fingerprint density at radius 1 is 1.26 bits per heavy atom. The first kappa shape index (κ1) is 15.2. The minimum atomic E-state index is 0.102. The van der Waals surface area contributed by atoms with Gasteiger partial charge in [-0.3, -0.25) is 9.69 Å². The molecule has 0 N–H and O–H groups in total. The quantitative estimate of drug-likeness (QED) is 0.856. The van der Waals surface area contributed by atoms with E-state index >= 15 is 0 Å². The highest BCUT2D eigenvalue weighted by atomic mass is 16.5. The fraction of sp³-hybridized carbons (Fsp3) is 0.722. The van der Waals surface area contributed by atoms with Gasteiger partial charge in [0, 0.05) is 44.8 Å². The molecule has 1 atom stereocenters. The highest BCUT2D eigenvalue weighted by Crippen LogP contribution is 2.45. The van der Waals surface area contributed by atoms with Crippen molar-refractivity contribution in [1.29, 1.82) is 0 Å². The summed E-state index contributed by atoms with van der Waals surface area (Å²) in [6.45, 7) is 6.12. The second-order valence-corrected chi connectivity index (χ2v) is 7.31. The number of likely N-dealkylation sites (tertiary alicyclic amines) is 2. The SMILES string of the molecule is O=C([C@H]1CN(Cc2ccco2)CC12CCOCC2)N1CCCC1. The number of amides is 1. The van der Waals surface area contributed by atoms with Crippen LogP contribution < -0.4 is 0 Å². The molecule has 0 bridgehead atoms. The number of furan rings is 1. The Kier molecular flexibility index (Phi) is 4.16. The summed E-state index contributed by atoms with van der Waals surface area (Å²) in [5, 5.41) is 0. The van der Waals surface area contributed by atoms with E-state index in [2.05, 4.69) is 9.80 Å². The third-order valence-corrected chi connectivity index (χ3v) is 5.88. The molecule has 126 valence electrons. The van der Waals surface area contributed by atoms with Crippen molar-refractivity contribution in [2.75, 3.05) is 39.4 Å². The van der Waals surface area contributed by atoms with Crippen LogP contribution in [0.15, 0.2) is 22.8 Å². The summed E-state index contributed by atoms with van der Waals surface area (Å²) in [5.74, 6) is 1.49. The highest BCUT2D eigenvalue weighted by Gasteiger charge is 2.51. The molecule has 3 aliphatic rings. The maximum atomic E-state index is 13.1. The summed E-state index contributed by atoms with van der Waals surface area (Å²) >= 11 is 0. The summed E-state index contributed by atoms with van der Waals surface area (Å²) < 4.78 is 11.1. The van der Waals surface area contributed by atoms with Gasteiger partial charge in [-0.05, 0) is 37.8 Å². The van der Waals surface area contributed by atoms with Crippen molar-refractivity contribution < 1.29 is 13.9 Å². The third kappa shape index (κ3) is 2.92. The van der Waals surface area contributed by atoms with Gasteiger partial charge in [0.25, 0.3) is 0 Å². The van der Waals surface area contributed by atoms with Crippen LogP contribution in [0.25, 0.3) is 0 Å². The van der Waals surface area contributed by atoms with Crippen LogP contribution in [0.2, 0.25) is 0 Å². The molecular weight excluding hydrogens is 292 g/mol. The summed E-state index contributed by atoms with van der Waals surface area (Å²) in [7, 11) is 0. The molecule has 0 unspecified atom stereocenters. The van der Waals surface area contributed by atoms with E-state index in [-0.39, 0.29) is 11.3 Å². The molecule has 1 aromatic heterocycles. The predicted octanol–water partition coefficient (Wildman–Crippen LogP) is 2.13. The van der Waals surface area contributed by atoms with Crippen LogP contribution in [0.3, 0.4) is 0 Å². The van der Waals surface area contributed by atoms with Crippen LogP contribution in [0, 0.1) is 11.3 Å². The maximum Gasteiger partial charge on any atom is 0.227 e. The van der Waals surface area contributed by atoms with E-state index in [0.717, 1.165) is 77.4 Å². The number of carbonyl (C=O) groups excluding carboxylic acids is 1.